The molecule has 0 aromatic heterocycles. The Morgan fingerprint density at radius 3 is 2.23 bits per heavy atom. The lowest BCUT2D eigenvalue weighted by Gasteiger charge is -2.14. The van der Waals surface area contributed by atoms with Gasteiger partial charge in [-0.3, -0.25) is 0 Å². The highest BCUT2D eigenvalue weighted by atomic mass is 35.5. The summed E-state index contributed by atoms with van der Waals surface area (Å²) in [6.07, 6.45) is 6.72. The van der Waals surface area contributed by atoms with Crippen LogP contribution in [0.4, 0.5) is 0 Å². The molecule has 0 aromatic rings. The molecule has 1 N–H and O–H groups in total. The van der Waals surface area contributed by atoms with Gasteiger partial charge >= 0.3 is 0 Å². The van der Waals surface area contributed by atoms with E-state index in [0.717, 1.165) is 5.92 Å². The van der Waals surface area contributed by atoms with E-state index in [0.29, 0.717) is 0 Å². The molecule has 0 saturated heterocycles. The van der Waals surface area contributed by atoms with Crippen molar-refractivity contribution in [3.05, 3.63) is 0 Å². The number of halogens is 1. The van der Waals surface area contributed by atoms with Gasteiger partial charge in [-0.1, -0.05) is 40.0 Å². The van der Waals surface area contributed by atoms with Crippen molar-refractivity contribution in [3.8, 4) is 0 Å². The third kappa shape index (κ3) is 10.2. The van der Waals surface area contributed by atoms with Gasteiger partial charge < -0.3 is 5.32 Å². The molecule has 0 heterocycles. The summed E-state index contributed by atoms with van der Waals surface area (Å²) in [6.45, 7) is 9.20. The molecule has 0 aromatic carbocycles. The van der Waals surface area contributed by atoms with Crippen molar-refractivity contribution in [2.75, 3.05) is 13.1 Å². The van der Waals surface area contributed by atoms with E-state index in [1.807, 2.05) is 0 Å². The van der Waals surface area contributed by atoms with Crippen LogP contribution in [-0.4, -0.2) is 13.1 Å². The normalized spacial score (nSPS) is 12.2. The Labute approximate surface area is 90.1 Å². The Morgan fingerprint density at radius 1 is 1.08 bits per heavy atom. The zero-order valence-corrected chi connectivity index (χ0v) is 10.3. The van der Waals surface area contributed by atoms with Gasteiger partial charge in [-0.2, -0.15) is 0 Å². The molecule has 0 spiro atoms. The molecule has 0 rings (SSSR count). The molecule has 0 aliphatic carbocycles. The number of rotatable bonds is 8. The number of nitrogens with one attached hydrogen (secondary N) is 1. The number of hydrogen-bond acceptors (Lipinski definition) is 1. The standard InChI is InChI=1S/C11H25N.ClH/c1-4-7-8-11(6-3)10-12-9-5-2;/h11-12H,4-10H2,1-3H3;1H. The second kappa shape index (κ2) is 12.2. The predicted molar refractivity (Wildman–Crippen MR) is 63.7 cm³/mol. The summed E-state index contributed by atoms with van der Waals surface area (Å²) >= 11 is 0. The molecule has 0 aliphatic rings. The topological polar surface area (TPSA) is 12.0 Å². The maximum atomic E-state index is 3.49. The summed E-state index contributed by atoms with van der Waals surface area (Å²) in [4.78, 5) is 0. The van der Waals surface area contributed by atoms with Crippen LogP contribution >= 0.6 is 12.4 Å². The molecule has 0 bridgehead atoms. The van der Waals surface area contributed by atoms with Crippen LogP contribution in [0.3, 0.4) is 0 Å². The van der Waals surface area contributed by atoms with Crippen LogP contribution in [0, 0.1) is 5.92 Å². The summed E-state index contributed by atoms with van der Waals surface area (Å²) in [5.74, 6) is 0.913. The summed E-state index contributed by atoms with van der Waals surface area (Å²) in [7, 11) is 0. The van der Waals surface area contributed by atoms with Gasteiger partial charge in [-0.15, -0.1) is 12.4 Å². The highest BCUT2D eigenvalue weighted by molar-refractivity contribution is 5.85. The average Bonchev–Trinajstić information content (AvgIpc) is 2.11. The Balaban J connectivity index is 0. The minimum atomic E-state index is 0. The summed E-state index contributed by atoms with van der Waals surface area (Å²) < 4.78 is 0. The van der Waals surface area contributed by atoms with Crippen LogP contribution in [0.1, 0.15) is 52.9 Å². The maximum absolute atomic E-state index is 3.49. The second-order valence-electron chi connectivity index (χ2n) is 3.62. The van der Waals surface area contributed by atoms with Crippen molar-refractivity contribution in [2.24, 2.45) is 5.92 Å². The molecule has 0 fully saturated rings. The van der Waals surface area contributed by atoms with Crippen LogP contribution in [0.15, 0.2) is 0 Å². The van der Waals surface area contributed by atoms with E-state index in [9.17, 15) is 0 Å². The molecule has 82 valence electrons. The van der Waals surface area contributed by atoms with Crippen molar-refractivity contribution in [1.82, 2.24) is 5.32 Å². The van der Waals surface area contributed by atoms with Crippen LogP contribution in [0.2, 0.25) is 0 Å². The third-order valence-corrected chi connectivity index (χ3v) is 2.40. The van der Waals surface area contributed by atoms with Gasteiger partial charge in [0, 0.05) is 0 Å². The Kier molecular flexibility index (Phi) is 14.8. The third-order valence-electron chi connectivity index (χ3n) is 2.40. The molecule has 1 atom stereocenters. The van der Waals surface area contributed by atoms with E-state index in [1.54, 1.807) is 0 Å². The SMILES string of the molecule is CCCCC(CC)CNCCC.Cl. The molecule has 0 amide bonds. The fourth-order valence-electron chi connectivity index (χ4n) is 1.43. The van der Waals surface area contributed by atoms with Gasteiger partial charge in [0.15, 0.2) is 0 Å². The molecular formula is C11H26ClN. The molecule has 0 aliphatic heterocycles. The highest BCUT2D eigenvalue weighted by Gasteiger charge is 2.03. The lowest BCUT2D eigenvalue weighted by Crippen LogP contribution is -2.23. The van der Waals surface area contributed by atoms with Gasteiger partial charge in [-0.05, 0) is 31.8 Å². The van der Waals surface area contributed by atoms with Gasteiger partial charge in [0.25, 0.3) is 0 Å². The van der Waals surface area contributed by atoms with Crippen molar-refractivity contribution in [3.63, 3.8) is 0 Å². The monoisotopic (exact) mass is 207 g/mol. The zero-order chi connectivity index (χ0) is 9.23. The van der Waals surface area contributed by atoms with Crippen LogP contribution in [-0.2, 0) is 0 Å². The lowest BCUT2D eigenvalue weighted by molar-refractivity contribution is 0.420. The van der Waals surface area contributed by atoms with E-state index in [1.165, 1.54) is 45.2 Å². The first-order chi connectivity index (χ1) is 5.85. The maximum Gasteiger partial charge on any atom is -0.00206 e. The minimum absolute atomic E-state index is 0. The molecule has 1 unspecified atom stereocenters. The fraction of sp³-hybridized carbons (Fsp3) is 1.00. The minimum Gasteiger partial charge on any atom is -0.316 e. The van der Waals surface area contributed by atoms with Crippen molar-refractivity contribution < 1.29 is 0 Å². The molecular weight excluding hydrogens is 182 g/mol. The van der Waals surface area contributed by atoms with Gasteiger partial charge in [0.1, 0.15) is 0 Å². The first kappa shape index (κ1) is 15.7. The van der Waals surface area contributed by atoms with E-state index < -0.39 is 0 Å². The quantitative estimate of drug-likeness (QED) is 0.600. The smallest absolute Gasteiger partial charge is 0.00206 e. The zero-order valence-electron chi connectivity index (χ0n) is 9.44. The molecule has 2 heteroatoms. The van der Waals surface area contributed by atoms with Crippen molar-refractivity contribution >= 4 is 12.4 Å². The number of hydrogen-bond donors (Lipinski definition) is 1. The van der Waals surface area contributed by atoms with Crippen molar-refractivity contribution in [2.45, 2.75) is 52.9 Å². The molecule has 13 heavy (non-hydrogen) atoms. The van der Waals surface area contributed by atoms with Gasteiger partial charge in [-0.25, -0.2) is 0 Å². The van der Waals surface area contributed by atoms with E-state index >= 15 is 0 Å². The largest absolute Gasteiger partial charge is 0.316 e. The van der Waals surface area contributed by atoms with E-state index in [-0.39, 0.29) is 12.4 Å². The van der Waals surface area contributed by atoms with E-state index in [2.05, 4.69) is 26.1 Å². The Bertz CT molecular complexity index is 86.2. The Morgan fingerprint density at radius 2 is 1.77 bits per heavy atom. The van der Waals surface area contributed by atoms with Crippen LogP contribution in [0.25, 0.3) is 0 Å². The van der Waals surface area contributed by atoms with Gasteiger partial charge in [0.2, 0.25) is 0 Å². The first-order valence-electron chi connectivity index (χ1n) is 5.55. The average molecular weight is 208 g/mol. The Hall–Kier alpha value is 0.250. The fourth-order valence-corrected chi connectivity index (χ4v) is 1.43. The van der Waals surface area contributed by atoms with Crippen LogP contribution < -0.4 is 5.32 Å². The summed E-state index contributed by atoms with van der Waals surface area (Å²) in [5, 5.41) is 3.49. The number of unbranched alkanes of at least 4 members (excludes halogenated alkanes) is 1. The van der Waals surface area contributed by atoms with Crippen molar-refractivity contribution in [1.29, 1.82) is 0 Å². The lowest BCUT2D eigenvalue weighted by atomic mass is 9.99. The molecule has 0 saturated carbocycles. The first-order valence-corrected chi connectivity index (χ1v) is 5.55. The summed E-state index contributed by atoms with van der Waals surface area (Å²) in [6, 6.07) is 0. The predicted octanol–water partition coefficient (Wildman–Crippen LogP) is 3.62. The molecule has 0 radical (unpaired) electrons. The highest BCUT2D eigenvalue weighted by Crippen LogP contribution is 2.10. The second-order valence-corrected chi connectivity index (χ2v) is 3.62. The molecule has 1 nitrogen and oxygen atoms in total. The van der Waals surface area contributed by atoms with Crippen LogP contribution in [0.5, 0.6) is 0 Å². The summed E-state index contributed by atoms with van der Waals surface area (Å²) in [5.41, 5.74) is 0. The van der Waals surface area contributed by atoms with E-state index in [4.69, 9.17) is 0 Å². The van der Waals surface area contributed by atoms with Gasteiger partial charge in [0.05, 0.1) is 0 Å².